The summed E-state index contributed by atoms with van der Waals surface area (Å²) in [5.74, 6) is -0.0946. The topological polar surface area (TPSA) is 82.1 Å². The van der Waals surface area contributed by atoms with Gasteiger partial charge >= 0.3 is 5.97 Å². The van der Waals surface area contributed by atoms with Crippen molar-refractivity contribution in [2.75, 3.05) is 20.3 Å². The molecule has 34 heavy (non-hydrogen) atoms. The zero-order valence-corrected chi connectivity index (χ0v) is 19.6. The number of carbonyl (C=O) groups excluding carboxylic acids is 3. The molecule has 0 unspecified atom stereocenters. The van der Waals surface area contributed by atoms with Gasteiger partial charge in [0, 0.05) is 0 Å². The minimum Gasteiger partial charge on any atom is -0.493 e. The van der Waals surface area contributed by atoms with Gasteiger partial charge in [0.05, 0.1) is 18.6 Å². The van der Waals surface area contributed by atoms with Gasteiger partial charge in [-0.25, -0.2) is 0 Å². The van der Waals surface area contributed by atoms with Crippen molar-refractivity contribution in [2.24, 2.45) is 0 Å². The first kappa shape index (κ1) is 23.4. The molecule has 1 aliphatic rings. The predicted molar refractivity (Wildman–Crippen MR) is 131 cm³/mol. The summed E-state index contributed by atoms with van der Waals surface area (Å²) in [6, 6.07) is 19.6. The first-order valence-corrected chi connectivity index (χ1v) is 11.5. The van der Waals surface area contributed by atoms with Gasteiger partial charge in [-0.1, -0.05) is 42.5 Å². The van der Waals surface area contributed by atoms with Gasteiger partial charge in [-0.15, -0.1) is 0 Å². The minimum absolute atomic E-state index is 0.181. The zero-order valence-electron chi connectivity index (χ0n) is 18.8. The Morgan fingerprint density at radius 2 is 1.79 bits per heavy atom. The van der Waals surface area contributed by atoms with Crippen LogP contribution in [0.1, 0.15) is 18.1 Å². The van der Waals surface area contributed by atoms with Crippen molar-refractivity contribution in [1.82, 2.24) is 4.90 Å². The number of thioether (sulfide) groups is 1. The van der Waals surface area contributed by atoms with Gasteiger partial charge in [-0.2, -0.15) is 0 Å². The van der Waals surface area contributed by atoms with Crippen molar-refractivity contribution in [3.63, 3.8) is 0 Å². The second-order valence-electron chi connectivity index (χ2n) is 7.45. The molecule has 174 valence electrons. The fourth-order valence-corrected chi connectivity index (χ4v) is 4.34. The van der Waals surface area contributed by atoms with E-state index in [2.05, 4.69) is 24.3 Å². The monoisotopic (exact) mass is 477 g/mol. The standard InChI is InChI=1S/C26H23NO6S/c1-3-32-24(28)15-27-25(29)23(34-26(27)30)14-17-9-11-21(22(13-17)31-2)33-16-18-8-10-19-6-4-5-7-20(19)12-18/h4-14H,3,15-16H2,1-2H3/b23-14+. The van der Waals surface area contributed by atoms with Crippen molar-refractivity contribution >= 4 is 45.7 Å². The third-order valence-electron chi connectivity index (χ3n) is 5.16. The van der Waals surface area contributed by atoms with Crippen LogP contribution in [0.25, 0.3) is 16.8 Å². The maximum absolute atomic E-state index is 12.6. The largest absolute Gasteiger partial charge is 0.493 e. The number of esters is 1. The van der Waals surface area contributed by atoms with Crippen LogP contribution in [0.4, 0.5) is 4.79 Å². The molecule has 0 saturated carbocycles. The van der Waals surface area contributed by atoms with Gasteiger partial charge in [-0.3, -0.25) is 19.3 Å². The fraction of sp³-hybridized carbons (Fsp3) is 0.192. The quantitative estimate of drug-likeness (QED) is 0.333. The molecule has 0 atom stereocenters. The van der Waals surface area contributed by atoms with Gasteiger partial charge in [-0.05, 0) is 64.9 Å². The number of benzene rings is 3. The predicted octanol–water partition coefficient (Wildman–Crippen LogP) is 5.03. The highest BCUT2D eigenvalue weighted by molar-refractivity contribution is 8.18. The number of rotatable bonds is 8. The van der Waals surface area contributed by atoms with Gasteiger partial charge in [0.15, 0.2) is 11.5 Å². The third kappa shape index (κ3) is 5.23. The summed E-state index contributed by atoms with van der Waals surface area (Å²) in [6.45, 7) is 1.81. The second kappa shape index (κ2) is 10.4. The summed E-state index contributed by atoms with van der Waals surface area (Å²) in [5, 5.41) is 1.80. The van der Waals surface area contributed by atoms with E-state index in [1.165, 1.54) is 12.5 Å². The Kier molecular flexibility index (Phi) is 7.18. The van der Waals surface area contributed by atoms with E-state index in [1.807, 2.05) is 18.2 Å². The molecule has 4 rings (SSSR count). The number of ether oxygens (including phenoxy) is 3. The first-order chi connectivity index (χ1) is 16.5. The molecule has 1 aliphatic heterocycles. The fourth-order valence-electron chi connectivity index (χ4n) is 3.51. The summed E-state index contributed by atoms with van der Waals surface area (Å²) >= 11 is 0.781. The Balaban J connectivity index is 1.47. The van der Waals surface area contributed by atoms with Crippen LogP contribution >= 0.6 is 11.8 Å². The molecule has 1 saturated heterocycles. The number of fused-ring (bicyclic) bond motifs is 1. The molecule has 0 aliphatic carbocycles. The summed E-state index contributed by atoms with van der Waals surface area (Å²) < 4.78 is 16.3. The van der Waals surface area contributed by atoms with Gasteiger partial charge in [0.1, 0.15) is 13.2 Å². The van der Waals surface area contributed by atoms with Gasteiger partial charge < -0.3 is 14.2 Å². The lowest BCUT2D eigenvalue weighted by Gasteiger charge is -2.12. The van der Waals surface area contributed by atoms with E-state index in [-0.39, 0.29) is 11.5 Å². The molecule has 2 amide bonds. The van der Waals surface area contributed by atoms with Crippen LogP contribution < -0.4 is 9.47 Å². The smallest absolute Gasteiger partial charge is 0.326 e. The van der Waals surface area contributed by atoms with Gasteiger partial charge in [0.2, 0.25) is 0 Å². The highest BCUT2D eigenvalue weighted by atomic mass is 32.2. The summed E-state index contributed by atoms with van der Waals surface area (Å²) in [7, 11) is 1.54. The number of carbonyl (C=O) groups is 3. The maximum Gasteiger partial charge on any atom is 0.326 e. The molecule has 1 heterocycles. The first-order valence-electron chi connectivity index (χ1n) is 10.7. The van der Waals surface area contributed by atoms with Crippen molar-refractivity contribution in [1.29, 1.82) is 0 Å². The molecular formula is C26H23NO6S. The Labute approximate surface area is 201 Å². The number of hydrogen-bond donors (Lipinski definition) is 0. The molecule has 0 aromatic heterocycles. The minimum atomic E-state index is -0.624. The summed E-state index contributed by atoms with van der Waals surface area (Å²) in [4.78, 5) is 37.5. The Morgan fingerprint density at radius 3 is 2.56 bits per heavy atom. The van der Waals surface area contributed by atoms with Crippen LogP contribution in [-0.4, -0.2) is 42.3 Å². The van der Waals surface area contributed by atoms with E-state index in [0.717, 1.165) is 27.6 Å². The SMILES string of the molecule is CCOC(=O)CN1C(=O)S/C(=C/c2ccc(OCc3ccc4ccccc4c3)c(OC)c2)C1=O. The molecule has 0 spiro atoms. The average Bonchev–Trinajstić information content (AvgIpc) is 3.10. The summed E-state index contributed by atoms with van der Waals surface area (Å²) in [5.41, 5.74) is 1.69. The molecule has 0 radical (unpaired) electrons. The molecule has 1 fully saturated rings. The molecule has 3 aromatic rings. The maximum atomic E-state index is 12.6. The zero-order chi connectivity index (χ0) is 24.1. The second-order valence-corrected chi connectivity index (χ2v) is 8.45. The van der Waals surface area contributed by atoms with Crippen LogP contribution in [-0.2, 0) is 20.9 Å². The highest BCUT2D eigenvalue weighted by Crippen LogP contribution is 2.34. The van der Waals surface area contributed by atoms with E-state index in [4.69, 9.17) is 14.2 Å². The highest BCUT2D eigenvalue weighted by Gasteiger charge is 2.36. The van der Waals surface area contributed by atoms with Gasteiger partial charge in [0.25, 0.3) is 11.1 Å². The molecule has 0 bridgehead atoms. The summed E-state index contributed by atoms with van der Waals surface area (Å²) in [6.07, 6.45) is 1.59. The Morgan fingerprint density at radius 1 is 1.00 bits per heavy atom. The Hall–Kier alpha value is -3.78. The number of hydrogen-bond acceptors (Lipinski definition) is 7. The lowest BCUT2D eigenvalue weighted by atomic mass is 10.1. The average molecular weight is 478 g/mol. The van der Waals surface area contributed by atoms with Crippen LogP contribution in [0.3, 0.4) is 0 Å². The van der Waals surface area contributed by atoms with Crippen molar-refractivity contribution < 1.29 is 28.6 Å². The normalized spacial score (nSPS) is 14.6. The molecule has 3 aromatic carbocycles. The lowest BCUT2D eigenvalue weighted by molar-refractivity contribution is -0.145. The van der Waals surface area contributed by atoms with Crippen LogP contribution in [0.2, 0.25) is 0 Å². The van der Waals surface area contributed by atoms with Crippen LogP contribution in [0, 0.1) is 0 Å². The molecular weight excluding hydrogens is 454 g/mol. The molecule has 0 N–H and O–H groups in total. The number of amides is 2. The lowest BCUT2D eigenvalue weighted by Crippen LogP contribution is -2.34. The number of imide groups is 1. The van der Waals surface area contributed by atoms with E-state index in [0.29, 0.717) is 23.7 Å². The van der Waals surface area contributed by atoms with E-state index >= 15 is 0 Å². The van der Waals surface area contributed by atoms with Crippen molar-refractivity contribution in [3.8, 4) is 11.5 Å². The van der Waals surface area contributed by atoms with E-state index in [9.17, 15) is 14.4 Å². The van der Waals surface area contributed by atoms with E-state index in [1.54, 1.807) is 31.2 Å². The van der Waals surface area contributed by atoms with E-state index < -0.39 is 23.7 Å². The Bertz CT molecular complexity index is 1290. The van der Waals surface area contributed by atoms with Crippen molar-refractivity contribution in [2.45, 2.75) is 13.5 Å². The van der Waals surface area contributed by atoms with Crippen molar-refractivity contribution in [3.05, 3.63) is 76.7 Å². The number of nitrogens with zero attached hydrogens (tertiary/aromatic N) is 1. The molecule has 8 heteroatoms. The third-order valence-corrected chi connectivity index (χ3v) is 6.07. The van der Waals surface area contributed by atoms with Crippen LogP contribution in [0.5, 0.6) is 11.5 Å². The number of methoxy groups -OCH3 is 1. The van der Waals surface area contributed by atoms with Crippen LogP contribution in [0.15, 0.2) is 65.6 Å². The molecule has 7 nitrogen and oxygen atoms in total.